The lowest BCUT2D eigenvalue weighted by molar-refractivity contribution is 0.523. The number of anilines is 2. The van der Waals surface area contributed by atoms with Gasteiger partial charge in [-0.05, 0) is 49.1 Å². The number of benzene rings is 1. The molecule has 3 heterocycles. The van der Waals surface area contributed by atoms with E-state index in [2.05, 4.69) is 44.5 Å². The molecule has 0 amide bonds. The molecule has 7 heteroatoms. The van der Waals surface area contributed by atoms with Crippen LogP contribution in [0.4, 0.5) is 10.9 Å². The molecule has 1 aliphatic heterocycles. The minimum Gasteiger partial charge on any atom is -0.357 e. The van der Waals surface area contributed by atoms with Gasteiger partial charge in [-0.1, -0.05) is 41.1 Å². The maximum absolute atomic E-state index is 5.94. The maximum atomic E-state index is 5.94. The largest absolute Gasteiger partial charge is 0.357 e. The van der Waals surface area contributed by atoms with E-state index in [-0.39, 0.29) is 0 Å². The first kappa shape index (κ1) is 18.2. The molecule has 2 aromatic heterocycles. The second-order valence-electron chi connectivity index (χ2n) is 6.90. The average Bonchev–Trinajstić information content (AvgIpc) is 3.12. The maximum Gasteiger partial charge on any atom is 0.205 e. The third kappa shape index (κ3) is 4.76. The predicted molar refractivity (Wildman–Crippen MR) is 112 cm³/mol. The van der Waals surface area contributed by atoms with E-state index in [4.69, 9.17) is 11.6 Å². The number of aromatic nitrogens is 3. The highest BCUT2D eigenvalue weighted by Crippen LogP contribution is 2.24. The van der Waals surface area contributed by atoms with Crippen molar-refractivity contribution in [1.29, 1.82) is 0 Å². The van der Waals surface area contributed by atoms with Gasteiger partial charge in [-0.2, -0.15) is 0 Å². The highest BCUT2D eigenvalue weighted by Gasteiger charge is 2.21. The second-order valence-corrected chi connectivity index (χ2v) is 8.40. The van der Waals surface area contributed by atoms with Crippen LogP contribution in [0, 0.1) is 6.92 Å². The molecule has 5 nitrogen and oxygen atoms in total. The van der Waals surface area contributed by atoms with Crippen LogP contribution in [-0.2, 0) is 6.42 Å². The van der Waals surface area contributed by atoms with Crippen molar-refractivity contribution >= 4 is 33.9 Å². The Morgan fingerprint density at radius 2 is 1.89 bits per heavy atom. The third-order valence-electron chi connectivity index (χ3n) is 4.78. The van der Waals surface area contributed by atoms with Gasteiger partial charge in [0, 0.05) is 36.8 Å². The number of aryl methyl sites for hydroxylation is 1. The Hall–Kier alpha value is -2.18. The normalized spacial score (nSPS) is 15.1. The third-order valence-corrected chi connectivity index (χ3v) is 5.88. The first-order valence-corrected chi connectivity index (χ1v) is 10.4. The molecule has 0 aliphatic carbocycles. The van der Waals surface area contributed by atoms with E-state index in [9.17, 15) is 0 Å². The van der Waals surface area contributed by atoms with Crippen LogP contribution >= 0.6 is 22.9 Å². The topological polar surface area (TPSA) is 53.9 Å². The Kier molecular flexibility index (Phi) is 5.55. The molecule has 4 rings (SSSR count). The van der Waals surface area contributed by atoms with E-state index >= 15 is 0 Å². The van der Waals surface area contributed by atoms with E-state index in [0.717, 1.165) is 53.3 Å². The summed E-state index contributed by atoms with van der Waals surface area (Å²) in [6, 6.07) is 12.6. The van der Waals surface area contributed by atoms with Gasteiger partial charge in [0.2, 0.25) is 5.13 Å². The molecule has 1 N–H and O–H groups in total. The van der Waals surface area contributed by atoms with E-state index < -0.39 is 0 Å². The molecule has 27 heavy (non-hydrogen) atoms. The molecule has 0 atom stereocenters. The van der Waals surface area contributed by atoms with Crippen molar-refractivity contribution in [2.45, 2.75) is 32.2 Å². The van der Waals surface area contributed by atoms with Gasteiger partial charge < -0.3 is 10.2 Å². The molecule has 0 saturated carbocycles. The second kappa shape index (κ2) is 8.23. The lowest BCUT2D eigenvalue weighted by Gasteiger charge is -2.33. The Balaban J connectivity index is 1.30. The van der Waals surface area contributed by atoms with Crippen LogP contribution in [0.2, 0.25) is 5.02 Å². The summed E-state index contributed by atoms with van der Waals surface area (Å²) in [5.74, 6) is 1.07. The summed E-state index contributed by atoms with van der Waals surface area (Å²) in [7, 11) is 0. The van der Waals surface area contributed by atoms with Gasteiger partial charge in [-0.3, -0.25) is 0 Å². The summed E-state index contributed by atoms with van der Waals surface area (Å²) in [6.45, 7) is 4.07. The Morgan fingerprint density at radius 1 is 1.11 bits per heavy atom. The SMILES string of the molecule is Cc1ccc(N2CCC(Nc3nnc(Cc4ccc(Cl)cc4)s3)CC2)nc1. The fraction of sp³-hybridized carbons (Fsp3) is 0.350. The van der Waals surface area contributed by atoms with Crippen LogP contribution in [0.3, 0.4) is 0 Å². The van der Waals surface area contributed by atoms with Gasteiger partial charge in [-0.15, -0.1) is 10.2 Å². The molecule has 1 fully saturated rings. The van der Waals surface area contributed by atoms with Gasteiger partial charge in [0.15, 0.2) is 0 Å². The number of hydrogen-bond donors (Lipinski definition) is 1. The summed E-state index contributed by atoms with van der Waals surface area (Å²) in [5, 5.41) is 14.9. The van der Waals surface area contributed by atoms with Crippen LogP contribution in [0.15, 0.2) is 42.6 Å². The van der Waals surface area contributed by atoms with E-state index in [1.807, 2.05) is 30.5 Å². The molecule has 0 unspecified atom stereocenters. The van der Waals surface area contributed by atoms with Gasteiger partial charge in [0.05, 0.1) is 0 Å². The number of nitrogens with one attached hydrogen (secondary N) is 1. The first-order chi connectivity index (χ1) is 13.2. The van der Waals surface area contributed by atoms with Crippen LogP contribution in [0.5, 0.6) is 0 Å². The molecule has 0 spiro atoms. The van der Waals surface area contributed by atoms with Gasteiger partial charge in [0.25, 0.3) is 0 Å². The summed E-state index contributed by atoms with van der Waals surface area (Å²) < 4.78 is 0. The first-order valence-electron chi connectivity index (χ1n) is 9.17. The molecule has 1 saturated heterocycles. The summed E-state index contributed by atoms with van der Waals surface area (Å²) in [5.41, 5.74) is 2.39. The van der Waals surface area contributed by atoms with Crippen molar-refractivity contribution in [3.63, 3.8) is 0 Å². The van der Waals surface area contributed by atoms with Crippen LogP contribution < -0.4 is 10.2 Å². The zero-order chi connectivity index (χ0) is 18.6. The number of pyridine rings is 1. The minimum absolute atomic E-state index is 0.433. The zero-order valence-electron chi connectivity index (χ0n) is 15.2. The molecule has 3 aromatic rings. The Morgan fingerprint density at radius 3 is 2.59 bits per heavy atom. The lowest BCUT2D eigenvalue weighted by Crippen LogP contribution is -2.39. The molecule has 0 radical (unpaired) electrons. The predicted octanol–water partition coefficient (Wildman–Crippen LogP) is 4.57. The van der Waals surface area contributed by atoms with Crippen molar-refractivity contribution in [1.82, 2.24) is 15.2 Å². The highest BCUT2D eigenvalue weighted by atomic mass is 35.5. The summed E-state index contributed by atoms with van der Waals surface area (Å²) in [4.78, 5) is 6.89. The van der Waals surface area contributed by atoms with Crippen molar-refractivity contribution in [2.75, 3.05) is 23.3 Å². The fourth-order valence-electron chi connectivity index (χ4n) is 3.23. The minimum atomic E-state index is 0.433. The van der Waals surface area contributed by atoms with Crippen molar-refractivity contribution in [3.8, 4) is 0 Å². The smallest absolute Gasteiger partial charge is 0.205 e. The van der Waals surface area contributed by atoms with Crippen LogP contribution in [-0.4, -0.2) is 34.3 Å². The number of nitrogens with zero attached hydrogens (tertiary/aromatic N) is 4. The molecular weight excluding hydrogens is 378 g/mol. The van der Waals surface area contributed by atoms with Crippen molar-refractivity contribution in [2.24, 2.45) is 0 Å². The molecule has 0 bridgehead atoms. The summed E-state index contributed by atoms with van der Waals surface area (Å²) in [6.07, 6.45) is 4.86. The molecular formula is C20H22ClN5S. The molecule has 140 valence electrons. The van der Waals surface area contributed by atoms with Gasteiger partial charge in [-0.25, -0.2) is 4.98 Å². The Bertz CT molecular complexity index is 870. The zero-order valence-corrected chi connectivity index (χ0v) is 16.8. The van der Waals surface area contributed by atoms with E-state index in [0.29, 0.717) is 6.04 Å². The van der Waals surface area contributed by atoms with Crippen molar-refractivity contribution < 1.29 is 0 Å². The van der Waals surface area contributed by atoms with E-state index in [1.54, 1.807) is 11.3 Å². The number of rotatable bonds is 5. The quantitative estimate of drug-likeness (QED) is 0.681. The average molecular weight is 400 g/mol. The molecule has 1 aliphatic rings. The molecule has 1 aromatic carbocycles. The summed E-state index contributed by atoms with van der Waals surface area (Å²) >= 11 is 7.57. The Labute approximate surface area is 168 Å². The monoisotopic (exact) mass is 399 g/mol. The fourth-order valence-corrected chi connectivity index (χ4v) is 4.21. The number of piperidine rings is 1. The van der Waals surface area contributed by atoms with Crippen LogP contribution in [0.25, 0.3) is 0 Å². The van der Waals surface area contributed by atoms with Gasteiger partial charge in [0.1, 0.15) is 10.8 Å². The van der Waals surface area contributed by atoms with Gasteiger partial charge >= 0.3 is 0 Å². The standard InChI is InChI=1S/C20H22ClN5S/c1-14-2-7-18(22-13-14)26-10-8-17(9-11-26)23-20-25-24-19(27-20)12-15-3-5-16(21)6-4-15/h2-7,13,17H,8-12H2,1H3,(H,23,25). The van der Waals surface area contributed by atoms with Crippen LogP contribution in [0.1, 0.15) is 29.0 Å². The van der Waals surface area contributed by atoms with E-state index in [1.165, 1.54) is 11.1 Å². The lowest BCUT2D eigenvalue weighted by atomic mass is 10.1. The number of halogens is 1. The number of hydrogen-bond acceptors (Lipinski definition) is 6. The van der Waals surface area contributed by atoms with Crippen molar-refractivity contribution in [3.05, 3.63) is 63.8 Å². The highest BCUT2D eigenvalue weighted by molar-refractivity contribution is 7.15.